The molecule has 1 saturated heterocycles. The Morgan fingerprint density at radius 2 is 1.89 bits per heavy atom. The van der Waals surface area contributed by atoms with Crippen molar-refractivity contribution >= 4 is 23.2 Å². The fourth-order valence-electron chi connectivity index (χ4n) is 2.96. The summed E-state index contributed by atoms with van der Waals surface area (Å²) in [5.41, 5.74) is 8.81. The first kappa shape index (κ1) is 18.8. The van der Waals surface area contributed by atoms with Gasteiger partial charge in [0.15, 0.2) is 5.96 Å². The number of amides is 1. The molecule has 0 bridgehead atoms. The summed E-state index contributed by atoms with van der Waals surface area (Å²) in [5.74, 6) is 1.37. The molecule has 1 aliphatic heterocycles. The van der Waals surface area contributed by atoms with Gasteiger partial charge in [-0.05, 0) is 62.2 Å². The Kier molecular flexibility index (Phi) is 5.96. The summed E-state index contributed by atoms with van der Waals surface area (Å²) in [7, 11) is 0. The van der Waals surface area contributed by atoms with Gasteiger partial charge in [0, 0.05) is 24.3 Å². The first-order valence-corrected chi connectivity index (χ1v) is 9.24. The molecule has 0 atom stereocenters. The van der Waals surface area contributed by atoms with Gasteiger partial charge in [-0.15, -0.1) is 0 Å². The number of aliphatic imine (C=N–C) groups is 1. The van der Waals surface area contributed by atoms with Crippen LogP contribution in [-0.4, -0.2) is 24.5 Å². The quantitative estimate of drug-likeness (QED) is 0.605. The van der Waals surface area contributed by atoms with E-state index in [-0.39, 0.29) is 12.0 Å². The number of anilines is 2. The van der Waals surface area contributed by atoms with Crippen molar-refractivity contribution in [2.24, 2.45) is 10.7 Å². The van der Waals surface area contributed by atoms with E-state index in [9.17, 15) is 4.79 Å². The molecule has 0 saturated carbocycles. The van der Waals surface area contributed by atoms with Crippen LogP contribution in [0.25, 0.3) is 0 Å². The van der Waals surface area contributed by atoms with Crippen molar-refractivity contribution < 1.29 is 9.53 Å². The van der Waals surface area contributed by atoms with Crippen molar-refractivity contribution in [2.75, 3.05) is 16.8 Å². The number of rotatable bonds is 6. The van der Waals surface area contributed by atoms with Crippen LogP contribution in [0.15, 0.2) is 53.5 Å². The van der Waals surface area contributed by atoms with Gasteiger partial charge in [0.05, 0.1) is 12.6 Å². The van der Waals surface area contributed by atoms with E-state index in [0.29, 0.717) is 18.9 Å². The van der Waals surface area contributed by atoms with Gasteiger partial charge in [-0.25, -0.2) is 4.99 Å². The Morgan fingerprint density at radius 1 is 1.19 bits per heavy atom. The van der Waals surface area contributed by atoms with E-state index in [1.807, 2.05) is 67.3 Å². The van der Waals surface area contributed by atoms with Crippen LogP contribution in [0.3, 0.4) is 0 Å². The van der Waals surface area contributed by atoms with Crippen molar-refractivity contribution in [3.8, 4) is 5.75 Å². The minimum absolute atomic E-state index is 0.144. The van der Waals surface area contributed by atoms with Crippen LogP contribution in [-0.2, 0) is 11.3 Å². The number of carbonyl (C=O) groups is 1. The molecule has 2 aromatic carbocycles. The summed E-state index contributed by atoms with van der Waals surface area (Å²) < 4.78 is 5.62. The average Bonchev–Trinajstić information content (AvgIpc) is 3.08. The maximum absolute atomic E-state index is 11.8. The summed E-state index contributed by atoms with van der Waals surface area (Å²) >= 11 is 0. The zero-order valence-electron chi connectivity index (χ0n) is 15.8. The van der Waals surface area contributed by atoms with Crippen LogP contribution in [0.2, 0.25) is 0 Å². The highest BCUT2D eigenvalue weighted by Crippen LogP contribution is 2.22. The molecule has 0 radical (unpaired) electrons. The van der Waals surface area contributed by atoms with Crippen LogP contribution in [0, 0.1) is 0 Å². The standard InChI is InChI=1S/C21H26N4O2/c1-15(2)27-19-11-7-17(8-12-19)24-21(22)23-14-16-5-9-18(10-6-16)25-13-3-4-20(25)26/h5-12,15H,3-4,13-14H2,1-2H3,(H3,22,23,24). The second-order valence-electron chi connectivity index (χ2n) is 6.83. The summed E-state index contributed by atoms with van der Waals surface area (Å²) in [6.45, 7) is 5.26. The Morgan fingerprint density at radius 3 is 2.48 bits per heavy atom. The zero-order chi connectivity index (χ0) is 19.2. The van der Waals surface area contributed by atoms with Crippen molar-refractivity contribution in [2.45, 2.75) is 39.3 Å². The molecule has 142 valence electrons. The molecule has 1 aliphatic rings. The lowest BCUT2D eigenvalue weighted by Crippen LogP contribution is -2.23. The normalized spacial score (nSPS) is 14.7. The molecule has 1 amide bonds. The van der Waals surface area contributed by atoms with Gasteiger partial charge < -0.3 is 20.7 Å². The highest BCUT2D eigenvalue weighted by Gasteiger charge is 2.21. The topological polar surface area (TPSA) is 80.0 Å². The van der Waals surface area contributed by atoms with Gasteiger partial charge >= 0.3 is 0 Å². The largest absolute Gasteiger partial charge is 0.491 e. The van der Waals surface area contributed by atoms with Gasteiger partial charge in [-0.1, -0.05) is 12.1 Å². The Labute approximate surface area is 160 Å². The highest BCUT2D eigenvalue weighted by atomic mass is 16.5. The number of benzene rings is 2. The van der Waals surface area contributed by atoms with Gasteiger partial charge in [0.25, 0.3) is 0 Å². The maximum Gasteiger partial charge on any atom is 0.227 e. The first-order chi connectivity index (χ1) is 13.0. The molecule has 0 aromatic heterocycles. The predicted octanol–water partition coefficient (Wildman–Crippen LogP) is 3.53. The molecule has 3 N–H and O–H groups in total. The number of ether oxygens (including phenoxy) is 1. The van der Waals surface area contributed by atoms with Crippen molar-refractivity contribution in [1.82, 2.24) is 0 Å². The van der Waals surface area contributed by atoms with E-state index in [2.05, 4.69) is 10.3 Å². The minimum Gasteiger partial charge on any atom is -0.491 e. The Balaban J connectivity index is 1.54. The first-order valence-electron chi connectivity index (χ1n) is 9.24. The molecule has 0 unspecified atom stereocenters. The molecular weight excluding hydrogens is 340 g/mol. The monoisotopic (exact) mass is 366 g/mol. The fraction of sp³-hybridized carbons (Fsp3) is 0.333. The third-order valence-electron chi connectivity index (χ3n) is 4.25. The fourth-order valence-corrected chi connectivity index (χ4v) is 2.96. The molecular formula is C21H26N4O2. The van der Waals surface area contributed by atoms with Crippen LogP contribution in [0.5, 0.6) is 5.75 Å². The van der Waals surface area contributed by atoms with Gasteiger partial charge in [0.1, 0.15) is 5.75 Å². The molecule has 6 nitrogen and oxygen atoms in total. The van der Waals surface area contributed by atoms with Gasteiger partial charge in [-0.3, -0.25) is 4.79 Å². The smallest absolute Gasteiger partial charge is 0.227 e. The summed E-state index contributed by atoms with van der Waals surface area (Å²) in [5, 5.41) is 3.07. The lowest BCUT2D eigenvalue weighted by molar-refractivity contribution is -0.117. The summed E-state index contributed by atoms with van der Waals surface area (Å²) in [6.07, 6.45) is 1.71. The van der Waals surface area contributed by atoms with Crippen LogP contribution >= 0.6 is 0 Å². The maximum atomic E-state index is 11.8. The second-order valence-corrected chi connectivity index (χ2v) is 6.83. The molecule has 1 fully saturated rings. The third kappa shape index (κ3) is 5.23. The molecule has 6 heteroatoms. The Bertz CT molecular complexity index is 798. The van der Waals surface area contributed by atoms with E-state index >= 15 is 0 Å². The molecule has 2 aromatic rings. The second kappa shape index (κ2) is 8.58. The molecule has 0 aliphatic carbocycles. The molecule has 27 heavy (non-hydrogen) atoms. The lowest BCUT2D eigenvalue weighted by atomic mass is 10.2. The summed E-state index contributed by atoms with van der Waals surface area (Å²) in [6, 6.07) is 15.5. The van der Waals surface area contributed by atoms with Gasteiger partial charge in [0.2, 0.25) is 5.91 Å². The zero-order valence-corrected chi connectivity index (χ0v) is 15.8. The van der Waals surface area contributed by atoms with E-state index < -0.39 is 0 Å². The number of guanidine groups is 1. The van der Waals surface area contributed by atoms with E-state index in [1.54, 1.807) is 0 Å². The van der Waals surface area contributed by atoms with Crippen molar-refractivity contribution in [3.05, 3.63) is 54.1 Å². The number of carbonyl (C=O) groups excluding carboxylic acids is 1. The minimum atomic E-state index is 0.144. The highest BCUT2D eigenvalue weighted by molar-refractivity contribution is 5.95. The van der Waals surface area contributed by atoms with Gasteiger partial charge in [-0.2, -0.15) is 0 Å². The predicted molar refractivity (Wildman–Crippen MR) is 109 cm³/mol. The molecule has 3 rings (SSSR count). The number of hydrogen-bond acceptors (Lipinski definition) is 3. The van der Waals surface area contributed by atoms with E-state index in [0.717, 1.165) is 35.7 Å². The lowest BCUT2D eigenvalue weighted by Gasteiger charge is -2.15. The van der Waals surface area contributed by atoms with Crippen LogP contribution in [0.4, 0.5) is 11.4 Å². The number of hydrogen-bond donors (Lipinski definition) is 2. The number of nitrogens with one attached hydrogen (secondary N) is 1. The van der Waals surface area contributed by atoms with E-state index in [1.165, 1.54) is 0 Å². The summed E-state index contributed by atoms with van der Waals surface area (Å²) in [4.78, 5) is 18.0. The third-order valence-corrected chi connectivity index (χ3v) is 4.25. The van der Waals surface area contributed by atoms with Crippen LogP contribution < -0.4 is 20.7 Å². The van der Waals surface area contributed by atoms with Crippen molar-refractivity contribution in [3.63, 3.8) is 0 Å². The molecule has 1 heterocycles. The van der Waals surface area contributed by atoms with Crippen molar-refractivity contribution in [1.29, 1.82) is 0 Å². The molecule has 0 spiro atoms. The number of nitrogens with two attached hydrogens (primary N) is 1. The number of nitrogens with zero attached hydrogens (tertiary/aromatic N) is 2. The Hall–Kier alpha value is -3.02. The SMILES string of the molecule is CC(C)Oc1ccc(NC(N)=NCc2ccc(N3CCCC3=O)cc2)cc1. The van der Waals surface area contributed by atoms with Crippen LogP contribution in [0.1, 0.15) is 32.3 Å². The van der Waals surface area contributed by atoms with E-state index in [4.69, 9.17) is 10.5 Å². The average molecular weight is 366 g/mol.